The number of sulfone groups is 1. The number of fused-ring (bicyclic) bond motifs is 3. The highest BCUT2D eigenvalue weighted by molar-refractivity contribution is 7.91. The van der Waals surface area contributed by atoms with Crippen molar-refractivity contribution < 1.29 is 22.3 Å². The predicted octanol–water partition coefficient (Wildman–Crippen LogP) is 0.558. The molecule has 1 fully saturated rings. The van der Waals surface area contributed by atoms with Crippen molar-refractivity contribution in [1.29, 1.82) is 0 Å². The molecule has 1 saturated heterocycles. The van der Waals surface area contributed by atoms with Crippen LogP contribution in [0.2, 0.25) is 5.11 Å². The third-order valence-electron chi connectivity index (χ3n) is 8.08. The molecule has 0 bridgehead atoms. The molecular weight excluding hydrogens is 568 g/mol. The molecule has 3 aromatic heterocycles. The summed E-state index contributed by atoms with van der Waals surface area (Å²) in [5.41, 5.74) is 10.2. The summed E-state index contributed by atoms with van der Waals surface area (Å²) < 4.78 is 55.6. The van der Waals surface area contributed by atoms with E-state index in [1.807, 2.05) is 34.2 Å². The largest absolute Gasteiger partial charge is 0.480 e. The van der Waals surface area contributed by atoms with E-state index in [9.17, 15) is 8.42 Å². The van der Waals surface area contributed by atoms with Crippen LogP contribution in [-0.2, 0) is 14.6 Å². The second-order valence-corrected chi connectivity index (χ2v) is 14.1. The van der Waals surface area contributed by atoms with E-state index >= 15 is 4.39 Å². The minimum Gasteiger partial charge on any atom is -0.480 e. The average Bonchev–Trinajstić information content (AvgIpc) is 3.27. The minimum absolute atomic E-state index is 0.00263. The summed E-state index contributed by atoms with van der Waals surface area (Å²) in [4.78, 5) is 9.20. The number of pyridine rings is 2. The van der Waals surface area contributed by atoms with E-state index in [2.05, 4.69) is 4.98 Å². The molecule has 43 heavy (non-hydrogen) atoms. The van der Waals surface area contributed by atoms with Gasteiger partial charge in [-0.05, 0) is 30.9 Å². The van der Waals surface area contributed by atoms with Gasteiger partial charge in [-0.15, -0.1) is 0 Å². The highest BCUT2D eigenvalue weighted by atomic mass is 32.2. The highest BCUT2D eigenvalue weighted by Crippen LogP contribution is 2.45. The number of hydrogen-bond donors (Lipinski definition) is 2. The number of benzene rings is 1. The number of aromatic nitrogens is 3. The molecule has 224 valence electrons. The molecule has 0 radical (unpaired) electrons. The Morgan fingerprint density at radius 2 is 1.88 bits per heavy atom. The van der Waals surface area contributed by atoms with Crippen LogP contribution in [0.15, 0.2) is 53.3 Å². The summed E-state index contributed by atoms with van der Waals surface area (Å²) in [5, 5.41) is 1.46. The molecule has 0 aliphatic carbocycles. The molecule has 10 nitrogen and oxygen atoms in total. The summed E-state index contributed by atoms with van der Waals surface area (Å²) in [5.74, 6) is 6.07. The molecule has 0 amide bonds. The Balaban J connectivity index is 2.01. The Bertz CT molecular complexity index is 1840. The van der Waals surface area contributed by atoms with Crippen LogP contribution in [0.5, 0.6) is 5.88 Å². The van der Waals surface area contributed by atoms with E-state index < -0.39 is 21.0 Å². The number of nitrogens with two attached hydrogens (primary N) is 2. The van der Waals surface area contributed by atoms with Crippen LogP contribution in [-0.4, -0.2) is 85.1 Å². The quantitative estimate of drug-likeness (QED) is 0.168. The standard InChI is InChI=1S/C28H36B3FN6O4S/c1-37(34)24(26(33)28(29,30)31)16-12-19-22(35-13-16)21-25(20(43(3,39)40)14-36-27(21)41-2)38(19)23(15-8-10-42-11-9-15)17-6-4-5-7-18(17)32/h4-7,12-15,23H,8-11,29-31,33-34H2,1-3H3/b26-24-/t23-/m0/s1. The molecule has 1 aliphatic heterocycles. The van der Waals surface area contributed by atoms with Crippen LogP contribution in [0.1, 0.15) is 30.0 Å². The average molecular weight is 604 g/mol. The number of methoxy groups -OCH3 is 1. The van der Waals surface area contributed by atoms with E-state index in [4.69, 9.17) is 26.0 Å². The van der Waals surface area contributed by atoms with Crippen molar-refractivity contribution in [3.05, 3.63) is 65.4 Å². The number of allylic oxidation sites excluding steroid dienone is 1. The lowest BCUT2D eigenvalue weighted by Gasteiger charge is -2.33. The van der Waals surface area contributed by atoms with E-state index in [0.29, 0.717) is 70.5 Å². The first-order chi connectivity index (χ1) is 20.3. The molecule has 15 heteroatoms. The molecule has 0 unspecified atom stereocenters. The van der Waals surface area contributed by atoms with Crippen LogP contribution in [0.4, 0.5) is 4.39 Å². The minimum atomic E-state index is -3.80. The monoisotopic (exact) mass is 604 g/mol. The number of rotatable bonds is 8. The lowest BCUT2D eigenvalue weighted by atomic mass is 9.41. The number of hydrogen-bond acceptors (Lipinski definition) is 9. The van der Waals surface area contributed by atoms with E-state index in [-0.39, 0.29) is 22.5 Å². The first-order valence-corrected chi connectivity index (χ1v) is 16.0. The van der Waals surface area contributed by atoms with Gasteiger partial charge in [-0.1, -0.05) is 23.3 Å². The molecule has 5 rings (SSSR count). The Hall–Kier alpha value is -3.55. The van der Waals surface area contributed by atoms with Crippen molar-refractivity contribution in [2.24, 2.45) is 17.5 Å². The molecule has 1 aliphatic rings. The normalized spacial score (nSPS) is 16.3. The Labute approximate surface area is 253 Å². The maximum atomic E-state index is 15.8. The predicted molar refractivity (Wildman–Crippen MR) is 174 cm³/mol. The fourth-order valence-electron chi connectivity index (χ4n) is 5.97. The second kappa shape index (κ2) is 11.5. The van der Waals surface area contributed by atoms with E-state index in [1.54, 1.807) is 31.4 Å². The molecule has 0 saturated carbocycles. The molecule has 1 atom stereocenters. The van der Waals surface area contributed by atoms with Gasteiger partial charge in [0.2, 0.25) is 5.88 Å². The second-order valence-electron chi connectivity index (χ2n) is 12.1. The summed E-state index contributed by atoms with van der Waals surface area (Å²) >= 11 is 0. The van der Waals surface area contributed by atoms with Crippen LogP contribution in [0.3, 0.4) is 0 Å². The third-order valence-corrected chi connectivity index (χ3v) is 9.18. The smallest absolute Gasteiger partial charge is 0.224 e. The zero-order chi connectivity index (χ0) is 31.3. The Morgan fingerprint density at radius 3 is 2.47 bits per heavy atom. The fourth-order valence-corrected chi connectivity index (χ4v) is 6.76. The number of hydrazine groups is 1. The van der Waals surface area contributed by atoms with Gasteiger partial charge in [0.1, 0.15) is 16.2 Å². The maximum Gasteiger partial charge on any atom is 0.224 e. The summed E-state index contributed by atoms with van der Waals surface area (Å²) in [7, 11) is 5.34. The van der Waals surface area contributed by atoms with Gasteiger partial charge in [0.05, 0.1) is 65.0 Å². The van der Waals surface area contributed by atoms with Gasteiger partial charge in [-0.3, -0.25) is 4.98 Å². The van der Waals surface area contributed by atoms with Crippen LogP contribution in [0.25, 0.3) is 27.6 Å². The first kappa shape index (κ1) is 30.9. The summed E-state index contributed by atoms with van der Waals surface area (Å²) in [6, 6.07) is 7.89. The van der Waals surface area contributed by atoms with Gasteiger partial charge in [0, 0.05) is 49.5 Å². The van der Waals surface area contributed by atoms with Gasteiger partial charge in [0.25, 0.3) is 0 Å². The Kier molecular flexibility index (Phi) is 8.27. The Morgan fingerprint density at radius 1 is 1.21 bits per heavy atom. The first-order valence-electron chi connectivity index (χ1n) is 14.1. The van der Waals surface area contributed by atoms with Gasteiger partial charge >= 0.3 is 0 Å². The lowest BCUT2D eigenvalue weighted by Crippen LogP contribution is -2.32. The summed E-state index contributed by atoms with van der Waals surface area (Å²) in [6.07, 6.45) is 5.39. The van der Waals surface area contributed by atoms with Gasteiger partial charge in [-0.2, -0.15) is 0 Å². The topological polar surface area (TPSA) is 139 Å². The van der Waals surface area contributed by atoms with Crippen molar-refractivity contribution >= 4 is 61.0 Å². The third kappa shape index (κ3) is 5.61. The number of ether oxygens (including phenoxy) is 2. The zero-order valence-electron chi connectivity index (χ0n) is 25.4. The fraction of sp³-hybridized carbons (Fsp3) is 0.357. The summed E-state index contributed by atoms with van der Waals surface area (Å²) in [6.45, 7) is 1.01. The highest BCUT2D eigenvalue weighted by Gasteiger charge is 2.35. The molecule has 4 N–H and O–H groups in total. The molecule has 4 aromatic rings. The van der Waals surface area contributed by atoms with Crippen molar-refractivity contribution in [3.8, 4) is 5.88 Å². The molecule has 1 aromatic carbocycles. The maximum absolute atomic E-state index is 15.8. The van der Waals surface area contributed by atoms with Gasteiger partial charge < -0.3 is 24.8 Å². The number of nitrogens with zero attached hydrogens (tertiary/aromatic N) is 4. The number of halogens is 1. The SMILES string of the molecule is BC(B)(B)/C(N)=C(\c1cnc2c3c(OC)ncc(S(C)(=O)=O)c3n([C@H](c3ccccc3F)C3CCOCC3)c2c1)N(C)N. The van der Waals surface area contributed by atoms with Crippen LogP contribution >= 0.6 is 0 Å². The molecule has 4 heterocycles. The molecule has 0 spiro atoms. The molecular formula is C28H36B3FN6O4S. The van der Waals surface area contributed by atoms with E-state index in [0.717, 1.165) is 6.26 Å². The van der Waals surface area contributed by atoms with Gasteiger partial charge in [0.15, 0.2) is 9.84 Å². The van der Waals surface area contributed by atoms with Crippen molar-refractivity contribution in [2.75, 3.05) is 33.6 Å². The van der Waals surface area contributed by atoms with Crippen molar-refractivity contribution in [2.45, 2.75) is 28.9 Å². The van der Waals surface area contributed by atoms with Crippen molar-refractivity contribution in [3.63, 3.8) is 0 Å². The van der Waals surface area contributed by atoms with Crippen LogP contribution in [0, 0.1) is 11.7 Å². The van der Waals surface area contributed by atoms with Crippen LogP contribution < -0.4 is 16.3 Å². The van der Waals surface area contributed by atoms with Gasteiger partial charge in [-0.25, -0.2) is 23.6 Å². The van der Waals surface area contributed by atoms with Crippen molar-refractivity contribution in [1.82, 2.24) is 19.5 Å². The zero-order valence-corrected chi connectivity index (χ0v) is 26.2. The lowest BCUT2D eigenvalue weighted by molar-refractivity contribution is 0.0548. The van der Waals surface area contributed by atoms with E-state index in [1.165, 1.54) is 24.4 Å².